The van der Waals surface area contributed by atoms with Gasteiger partial charge in [-0.15, -0.1) is 17.7 Å². The van der Waals surface area contributed by atoms with E-state index in [1.54, 1.807) is 6.07 Å². The average molecular weight is 1100 g/mol. The number of furan rings is 1. The van der Waals surface area contributed by atoms with E-state index in [4.69, 9.17) is 13.5 Å². The van der Waals surface area contributed by atoms with Gasteiger partial charge in [0.1, 0.15) is 5.58 Å². The molecule has 1 radical (unpaired) electrons. The minimum atomic E-state index is -2.38. The van der Waals surface area contributed by atoms with E-state index in [0.29, 0.717) is 27.9 Å². The molecule has 3 heterocycles. The number of fused-ring (bicyclic) bond motifs is 7. The quantitative estimate of drug-likeness (QED) is 0.0907. The van der Waals surface area contributed by atoms with Crippen molar-refractivity contribution in [3.05, 3.63) is 193 Å². The molecule has 0 unspecified atom stereocenters. The molecule has 0 aliphatic heterocycles. The number of nitrogens with zero attached hydrogens (tertiary/aromatic N) is 3. The van der Waals surface area contributed by atoms with Gasteiger partial charge in [0, 0.05) is 35.3 Å². The second-order valence-electron chi connectivity index (χ2n) is 18.6. The standard InChI is InChI=1S/C46H37N2O.C14H16GeN.Ir/c1-27(2)36-24-33(30-13-7-6-8-14-30)25-37(28(3)4)44(36)48-41-18-12-11-17-40(41)47-46(48)35-22-19-29(5)43-39-23-32-21-20-31-15-9-10-16-34(31)38(32)26-42(39)49-45(35)43;1-15(2,3)13-9-10-16-14(11-13)12-7-5-4-6-8-12;/h6-21,23-28H,1-5H3;4-7,9-11H,1-3H3;/q2*-1;/i5D3;;. The van der Waals surface area contributed by atoms with Gasteiger partial charge < -0.3 is 8.98 Å². The van der Waals surface area contributed by atoms with Crippen LogP contribution in [-0.4, -0.2) is 27.8 Å². The van der Waals surface area contributed by atoms with E-state index in [1.165, 1.54) is 26.6 Å². The molecule has 4 nitrogen and oxygen atoms in total. The van der Waals surface area contributed by atoms with Crippen molar-refractivity contribution in [1.29, 1.82) is 0 Å². The maximum absolute atomic E-state index is 8.57. The first-order valence-electron chi connectivity index (χ1n) is 24.0. The summed E-state index contributed by atoms with van der Waals surface area (Å²) < 4.78 is 36.3. The van der Waals surface area contributed by atoms with Gasteiger partial charge in [0.25, 0.3) is 0 Å². The Morgan fingerprint density at radius 2 is 1.38 bits per heavy atom. The fraction of sp³-hybridized carbons (Fsp3) is 0.167. The topological polar surface area (TPSA) is 43.9 Å². The largest absolute Gasteiger partial charge is 0 e. The van der Waals surface area contributed by atoms with Gasteiger partial charge in [-0.2, -0.15) is 0 Å². The van der Waals surface area contributed by atoms with E-state index in [0.717, 1.165) is 54.9 Å². The maximum Gasteiger partial charge on any atom is 0 e. The summed E-state index contributed by atoms with van der Waals surface area (Å²) in [5.41, 5.74) is 11.7. The molecule has 329 valence electrons. The number of hydrogen-bond donors (Lipinski definition) is 0. The van der Waals surface area contributed by atoms with Crippen LogP contribution in [0.15, 0.2) is 168 Å². The molecule has 0 N–H and O–H groups in total. The van der Waals surface area contributed by atoms with Crippen molar-refractivity contribution in [1.82, 2.24) is 14.5 Å². The molecule has 0 fully saturated rings. The van der Waals surface area contributed by atoms with E-state index in [9.17, 15) is 0 Å². The summed E-state index contributed by atoms with van der Waals surface area (Å²) in [5, 5.41) is 5.67. The smallest absolute Gasteiger partial charge is 0 e. The van der Waals surface area contributed by atoms with Crippen LogP contribution in [0.1, 0.15) is 60.3 Å². The van der Waals surface area contributed by atoms with Crippen LogP contribution in [0.3, 0.4) is 0 Å². The van der Waals surface area contributed by atoms with E-state index < -0.39 is 20.1 Å². The van der Waals surface area contributed by atoms with E-state index in [2.05, 4.69) is 164 Å². The van der Waals surface area contributed by atoms with Gasteiger partial charge in [-0.1, -0.05) is 124 Å². The first-order chi connectivity index (χ1) is 32.7. The van der Waals surface area contributed by atoms with Crippen molar-refractivity contribution in [3.63, 3.8) is 0 Å². The number of benzene rings is 8. The van der Waals surface area contributed by atoms with Crippen LogP contribution in [0.25, 0.3) is 94.0 Å². The summed E-state index contributed by atoms with van der Waals surface area (Å²) in [6.07, 6.45) is 1.92. The molecule has 0 saturated heterocycles. The van der Waals surface area contributed by atoms with Gasteiger partial charge in [-0.05, 0) is 92.0 Å². The van der Waals surface area contributed by atoms with Gasteiger partial charge in [0.15, 0.2) is 0 Å². The number of para-hydroxylation sites is 2. The monoisotopic (exact) mass is 1100 g/mol. The zero-order chi connectivity index (χ0) is 47.5. The Hall–Kier alpha value is -6.11. The first kappa shape index (κ1) is 41.3. The molecular formula is C60H53GeIrN3O-2. The zero-order valence-electron chi connectivity index (χ0n) is 41.3. The van der Waals surface area contributed by atoms with Crippen LogP contribution >= 0.6 is 0 Å². The molecule has 0 aliphatic rings. The molecule has 0 amide bonds. The average Bonchev–Trinajstić information content (AvgIpc) is 3.91. The minimum absolute atomic E-state index is 0. The van der Waals surface area contributed by atoms with E-state index in [1.807, 2.05) is 60.8 Å². The van der Waals surface area contributed by atoms with Crippen molar-refractivity contribution in [3.8, 4) is 39.5 Å². The molecule has 0 bridgehead atoms. The van der Waals surface area contributed by atoms with Crippen LogP contribution in [-0.2, 0) is 20.1 Å². The molecule has 0 aliphatic carbocycles. The normalized spacial score (nSPS) is 12.7. The van der Waals surface area contributed by atoms with Gasteiger partial charge in [-0.25, -0.2) is 0 Å². The van der Waals surface area contributed by atoms with Gasteiger partial charge in [0.2, 0.25) is 0 Å². The molecule has 66 heavy (non-hydrogen) atoms. The molecule has 0 spiro atoms. The third kappa shape index (κ3) is 8.34. The van der Waals surface area contributed by atoms with Crippen molar-refractivity contribution >= 4 is 72.2 Å². The summed E-state index contributed by atoms with van der Waals surface area (Å²) in [6.45, 7) is 6.56. The fourth-order valence-electron chi connectivity index (χ4n) is 9.12. The second kappa shape index (κ2) is 18.3. The SMILES string of the molecule is [2H]C([2H])([2H])c1c[c-]c(-c2nc3ccccc3n2-c2c(C(C)C)cc(-c3ccccc3)cc2C(C)C)c2oc3cc4c(ccc5ccccc54)cc3c12.[CH3][Ge]([CH3])([CH3])[c]1ccnc(-c2[c-]cccc2)c1.[Ir]. The van der Waals surface area contributed by atoms with Crippen molar-refractivity contribution in [2.24, 2.45) is 0 Å². The zero-order valence-corrected chi connectivity index (χ0v) is 42.8. The summed E-state index contributed by atoms with van der Waals surface area (Å²) >= 11 is -1.75. The number of aryl methyl sites for hydroxylation is 1. The Morgan fingerprint density at radius 1 is 0.667 bits per heavy atom. The number of hydrogen-bond acceptors (Lipinski definition) is 3. The molecular weight excluding hydrogens is 1040 g/mol. The Balaban J connectivity index is 0.000000296. The van der Waals surface area contributed by atoms with Crippen molar-refractivity contribution < 1.29 is 28.6 Å². The molecule has 11 aromatic rings. The predicted molar refractivity (Wildman–Crippen MR) is 277 cm³/mol. The first-order valence-corrected chi connectivity index (χ1v) is 29.9. The molecule has 11 rings (SSSR count). The number of pyridine rings is 1. The van der Waals surface area contributed by atoms with Crippen LogP contribution < -0.4 is 4.40 Å². The Morgan fingerprint density at radius 3 is 2.11 bits per heavy atom. The summed E-state index contributed by atoms with van der Waals surface area (Å²) in [7, 11) is 0. The predicted octanol–water partition coefficient (Wildman–Crippen LogP) is 16.0. The third-order valence-electron chi connectivity index (χ3n) is 12.5. The van der Waals surface area contributed by atoms with Crippen molar-refractivity contribution in [2.75, 3.05) is 0 Å². The van der Waals surface area contributed by atoms with Gasteiger partial charge in [0.05, 0.1) is 22.4 Å². The summed E-state index contributed by atoms with van der Waals surface area (Å²) in [4.78, 5) is 9.70. The van der Waals surface area contributed by atoms with Crippen molar-refractivity contribution in [2.45, 2.75) is 63.7 Å². The Labute approximate surface area is 408 Å². The van der Waals surface area contributed by atoms with Crippen LogP contribution in [0.5, 0.6) is 0 Å². The molecule has 3 aromatic heterocycles. The third-order valence-corrected chi connectivity index (χ3v) is 16.8. The molecule has 0 saturated carbocycles. The molecule has 6 heteroatoms. The maximum atomic E-state index is 8.57. The Bertz CT molecular complexity index is 3640. The Kier molecular flexibility index (Phi) is 11.5. The molecule has 0 atom stereocenters. The van der Waals surface area contributed by atoms with E-state index >= 15 is 0 Å². The number of aromatic nitrogens is 3. The van der Waals surface area contributed by atoms with Gasteiger partial charge >= 0.3 is 99.8 Å². The number of rotatable bonds is 7. The second-order valence-corrected chi connectivity index (χ2v) is 29.3. The van der Waals surface area contributed by atoms with E-state index in [-0.39, 0.29) is 37.5 Å². The number of imidazole rings is 1. The van der Waals surface area contributed by atoms with Crippen LogP contribution in [0.4, 0.5) is 0 Å². The van der Waals surface area contributed by atoms with Gasteiger partial charge in [-0.3, -0.25) is 4.98 Å². The van der Waals surface area contributed by atoms with Crippen LogP contribution in [0, 0.1) is 19.0 Å². The molecule has 8 aromatic carbocycles. The summed E-state index contributed by atoms with van der Waals surface area (Å²) in [5.74, 6) is 8.24. The summed E-state index contributed by atoms with van der Waals surface area (Å²) in [6, 6.07) is 60.6. The van der Waals surface area contributed by atoms with Crippen LogP contribution in [0.2, 0.25) is 17.3 Å². The fourth-order valence-corrected chi connectivity index (χ4v) is 11.5. The minimum Gasteiger partial charge on any atom is 0 e.